The minimum absolute atomic E-state index is 0. The molecular formula is C29H48ClNO7. The van der Waals surface area contributed by atoms with Crippen molar-refractivity contribution in [2.24, 2.45) is 16.7 Å². The molecule has 4 fully saturated rings. The van der Waals surface area contributed by atoms with Crippen molar-refractivity contribution in [2.75, 3.05) is 6.54 Å². The van der Waals surface area contributed by atoms with Crippen molar-refractivity contribution < 1.29 is 34.4 Å². The number of carbonyl (C=O) groups excluding carboxylic acids is 2. The normalized spacial score (nSPS) is 48.7. The maximum atomic E-state index is 13.8. The summed E-state index contributed by atoms with van der Waals surface area (Å²) in [4.78, 5) is 29.4. The molecule has 2 aliphatic heterocycles. The zero-order valence-electron chi connectivity index (χ0n) is 24.0. The van der Waals surface area contributed by atoms with Gasteiger partial charge in [0.2, 0.25) is 0 Å². The van der Waals surface area contributed by atoms with Crippen molar-refractivity contribution in [1.82, 2.24) is 4.90 Å². The standard InChI is InChI=1S/C29H47NO7.ClH/c1-9-26(6)15-20(32)29(35)27(7)19(31)13-14-25(4,5)23(27)22(24(34)28(29,8)37-26)36-21(33)16-30-17(2)11-10-12-18(30)3;/h9,17-19,22-24,31,34-35H,1,10-16H2,2-8H3;1H/t17?,18?,19-,22?,23?,24?,26-,27?,28+,29-;/m0./s1. The van der Waals surface area contributed by atoms with Gasteiger partial charge in [-0.25, -0.2) is 0 Å². The Kier molecular flexibility index (Phi) is 8.38. The van der Waals surface area contributed by atoms with Gasteiger partial charge in [0.15, 0.2) is 11.4 Å². The number of ether oxygens (including phenoxy) is 2. The molecule has 8 nitrogen and oxygen atoms in total. The van der Waals surface area contributed by atoms with Gasteiger partial charge in [0.1, 0.15) is 17.8 Å². The molecule has 4 rings (SSSR count). The molecule has 2 saturated heterocycles. The highest BCUT2D eigenvalue weighted by molar-refractivity contribution is 5.92. The number of nitrogens with zero attached hydrogens (tertiary/aromatic N) is 1. The number of carbonyl (C=O) groups is 2. The molecule has 0 aromatic heterocycles. The molecule has 0 aromatic rings. The van der Waals surface area contributed by atoms with Crippen LogP contribution in [0.4, 0.5) is 0 Å². The van der Waals surface area contributed by atoms with Crippen LogP contribution in [0.25, 0.3) is 0 Å². The SMILES string of the molecule is C=C[C@@]1(C)CC(=O)[C@]2(O)C3(C)C(C(OC(=O)CN4C(C)CCCC4C)C(O)[C@@]2(C)O1)C(C)(C)CC[C@@H]3O.Cl. The number of rotatable bonds is 4. The fourth-order valence-electron chi connectivity index (χ4n) is 8.53. The summed E-state index contributed by atoms with van der Waals surface area (Å²) in [7, 11) is 0. The van der Waals surface area contributed by atoms with Gasteiger partial charge in [0, 0.05) is 29.8 Å². The number of esters is 1. The third-order valence-corrected chi connectivity index (χ3v) is 10.7. The smallest absolute Gasteiger partial charge is 0.320 e. The maximum Gasteiger partial charge on any atom is 0.320 e. The Bertz CT molecular complexity index is 949. The van der Waals surface area contributed by atoms with Crippen LogP contribution in [0.2, 0.25) is 0 Å². The van der Waals surface area contributed by atoms with E-state index in [-0.39, 0.29) is 37.5 Å². The summed E-state index contributed by atoms with van der Waals surface area (Å²) >= 11 is 0. The van der Waals surface area contributed by atoms with Crippen LogP contribution >= 0.6 is 12.4 Å². The van der Waals surface area contributed by atoms with Gasteiger partial charge in [0.05, 0.1) is 18.2 Å². The van der Waals surface area contributed by atoms with E-state index in [1.54, 1.807) is 13.8 Å². The molecule has 2 heterocycles. The lowest BCUT2D eigenvalue weighted by atomic mass is 9.40. The predicted octanol–water partition coefficient (Wildman–Crippen LogP) is 3.18. The summed E-state index contributed by atoms with van der Waals surface area (Å²) < 4.78 is 12.5. The molecule has 2 aliphatic carbocycles. The number of Topliss-reactive ketones (excluding diaryl/α,β-unsaturated/α-hetero) is 1. The second-order valence-corrected chi connectivity index (χ2v) is 13.5. The first-order valence-electron chi connectivity index (χ1n) is 13.9. The Morgan fingerprint density at radius 2 is 1.71 bits per heavy atom. The Morgan fingerprint density at radius 3 is 2.26 bits per heavy atom. The lowest BCUT2D eigenvalue weighted by Crippen LogP contribution is -2.86. The van der Waals surface area contributed by atoms with Gasteiger partial charge in [0.25, 0.3) is 0 Å². The van der Waals surface area contributed by atoms with Crippen molar-refractivity contribution in [1.29, 1.82) is 0 Å². The van der Waals surface area contributed by atoms with Gasteiger partial charge in [-0.3, -0.25) is 14.5 Å². The number of fused-ring (bicyclic) bond motifs is 3. The maximum absolute atomic E-state index is 13.8. The molecule has 0 spiro atoms. The van der Waals surface area contributed by atoms with Crippen LogP contribution in [0.1, 0.15) is 87.0 Å². The van der Waals surface area contributed by atoms with E-state index < -0.39 is 63.6 Å². The van der Waals surface area contributed by atoms with Crippen molar-refractivity contribution in [3.63, 3.8) is 0 Å². The molecular weight excluding hydrogens is 510 g/mol. The second-order valence-electron chi connectivity index (χ2n) is 13.5. The zero-order valence-corrected chi connectivity index (χ0v) is 24.8. The van der Waals surface area contributed by atoms with E-state index in [0.29, 0.717) is 12.8 Å². The van der Waals surface area contributed by atoms with Crippen LogP contribution in [0.15, 0.2) is 12.7 Å². The summed E-state index contributed by atoms with van der Waals surface area (Å²) in [6.45, 7) is 17.0. The first-order valence-corrected chi connectivity index (χ1v) is 13.9. The molecule has 3 N–H and O–H groups in total. The number of ketones is 1. The largest absolute Gasteiger partial charge is 0.458 e. The van der Waals surface area contributed by atoms with Crippen LogP contribution in [-0.2, 0) is 19.1 Å². The number of likely N-dealkylation sites (tertiary alicyclic amines) is 1. The van der Waals surface area contributed by atoms with Gasteiger partial charge in [-0.2, -0.15) is 0 Å². The number of halogens is 1. The third kappa shape index (κ3) is 4.29. The zero-order chi connectivity index (χ0) is 27.8. The predicted molar refractivity (Wildman–Crippen MR) is 146 cm³/mol. The van der Waals surface area contributed by atoms with Crippen LogP contribution in [-0.4, -0.2) is 85.7 Å². The summed E-state index contributed by atoms with van der Waals surface area (Å²) in [5.41, 5.74) is -7.17. The molecule has 4 aliphatic rings. The second kappa shape index (κ2) is 10.1. The Labute approximate surface area is 233 Å². The lowest BCUT2D eigenvalue weighted by Gasteiger charge is -2.71. The molecule has 38 heavy (non-hydrogen) atoms. The van der Waals surface area contributed by atoms with E-state index in [1.165, 1.54) is 13.0 Å². The van der Waals surface area contributed by atoms with E-state index in [0.717, 1.165) is 19.3 Å². The molecule has 10 atom stereocenters. The van der Waals surface area contributed by atoms with Crippen molar-refractivity contribution in [3.8, 4) is 0 Å². The monoisotopic (exact) mass is 557 g/mol. The summed E-state index contributed by atoms with van der Waals surface area (Å²) in [6, 6.07) is 0.474. The molecule has 0 bridgehead atoms. The molecule has 0 aromatic carbocycles. The number of hydrogen-bond acceptors (Lipinski definition) is 8. The molecule has 0 radical (unpaired) electrons. The topological polar surface area (TPSA) is 117 Å². The third-order valence-electron chi connectivity index (χ3n) is 10.7. The van der Waals surface area contributed by atoms with Gasteiger partial charge in [-0.1, -0.05) is 33.3 Å². The Morgan fingerprint density at radius 1 is 1.13 bits per heavy atom. The minimum atomic E-state index is -2.21. The van der Waals surface area contributed by atoms with Crippen LogP contribution in [0.3, 0.4) is 0 Å². The quantitative estimate of drug-likeness (QED) is 0.356. The van der Waals surface area contributed by atoms with Gasteiger partial charge < -0.3 is 24.8 Å². The van der Waals surface area contributed by atoms with Crippen molar-refractivity contribution in [3.05, 3.63) is 12.7 Å². The van der Waals surface area contributed by atoms with E-state index in [4.69, 9.17) is 9.47 Å². The fraction of sp³-hybridized carbons (Fsp3) is 0.862. The average Bonchev–Trinajstić information content (AvgIpc) is 2.80. The summed E-state index contributed by atoms with van der Waals surface area (Å²) in [5.74, 6) is -1.67. The highest BCUT2D eigenvalue weighted by Crippen LogP contribution is 2.67. The van der Waals surface area contributed by atoms with Crippen molar-refractivity contribution in [2.45, 2.75) is 134 Å². The summed E-state index contributed by atoms with van der Waals surface area (Å²) in [5, 5.41) is 35.8. The highest BCUT2D eigenvalue weighted by atomic mass is 35.5. The fourth-order valence-corrected chi connectivity index (χ4v) is 8.53. The number of aliphatic hydroxyl groups is 3. The summed E-state index contributed by atoms with van der Waals surface area (Å²) in [6.07, 6.45) is 1.77. The first kappa shape index (κ1) is 31.5. The molecule has 218 valence electrons. The molecule has 2 saturated carbocycles. The average molecular weight is 558 g/mol. The minimum Gasteiger partial charge on any atom is -0.458 e. The Hall–Kier alpha value is -1.03. The van der Waals surface area contributed by atoms with E-state index in [1.807, 2.05) is 13.8 Å². The first-order chi connectivity index (χ1) is 17.0. The number of aliphatic hydroxyl groups excluding tert-OH is 2. The van der Waals surface area contributed by atoms with E-state index in [9.17, 15) is 24.9 Å². The van der Waals surface area contributed by atoms with Crippen LogP contribution in [0, 0.1) is 16.7 Å². The van der Waals surface area contributed by atoms with Gasteiger partial charge in [-0.05, 0) is 58.8 Å². The molecule has 0 amide bonds. The Balaban J connectivity index is 0.00000400. The number of hydrogen-bond donors (Lipinski definition) is 3. The molecule has 9 heteroatoms. The van der Waals surface area contributed by atoms with Crippen molar-refractivity contribution >= 4 is 24.2 Å². The number of piperidine rings is 1. The van der Waals surface area contributed by atoms with Gasteiger partial charge in [-0.15, -0.1) is 19.0 Å². The van der Waals surface area contributed by atoms with Crippen LogP contribution in [0.5, 0.6) is 0 Å². The van der Waals surface area contributed by atoms with E-state index in [2.05, 4.69) is 25.3 Å². The lowest BCUT2D eigenvalue weighted by molar-refractivity contribution is -0.370. The van der Waals surface area contributed by atoms with Crippen LogP contribution < -0.4 is 0 Å². The van der Waals surface area contributed by atoms with Gasteiger partial charge >= 0.3 is 5.97 Å². The highest BCUT2D eigenvalue weighted by Gasteiger charge is 2.81. The molecule has 6 unspecified atom stereocenters. The van der Waals surface area contributed by atoms with E-state index >= 15 is 0 Å².